The predicted molar refractivity (Wildman–Crippen MR) is 80.1 cm³/mol. The van der Waals surface area contributed by atoms with E-state index >= 15 is 0 Å². The Bertz CT molecular complexity index is 446. The number of nitrogens with one attached hydrogen (secondary N) is 1. The van der Waals surface area contributed by atoms with Gasteiger partial charge in [-0.1, -0.05) is 0 Å². The molecule has 3 rings (SSSR count). The first-order valence-corrected chi connectivity index (χ1v) is 7.60. The highest BCUT2D eigenvalue weighted by atomic mass is 16.5. The van der Waals surface area contributed by atoms with Crippen LogP contribution in [0.4, 0.5) is 11.4 Å². The minimum absolute atomic E-state index is 0.0202. The van der Waals surface area contributed by atoms with E-state index in [2.05, 4.69) is 22.3 Å². The van der Waals surface area contributed by atoms with E-state index in [1.54, 1.807) is 0 Å². The van der Waals surface area contributed by atoms with Gasteiger partial charge in [-0.25, -0.2) is 0 Å². The zero-order valence-corrected chi connectivity index (χ0v) is 11.8. The van der Waals surface area contributed by atoms with Crippen molar-refractivity contribution in [3.63, 3.8) is 0 Å². The molecule has 0 saturated carbocycles. The van der Waals surface area contributed by atoms with E-state index in [1.807, 2.05) is 12.1 Å². The molecule has 1 N–H and O–H groups in total. The quantitative estimate of drug-likeness (QED) is 0.921. The third kappa shape index (κ3) is 3.12. The summed E-state index contributed by atoms with van der Waals surface area (Å²) in [6, 6.07) is 8.15. The first-order valence-electron chi connectivity index (χ1n) is 7.60. The molecule has 2 heterocycles. The van der Waals surface area contributed by atoms with Gasteiger partial charge in [-0.05, 0) is 56.4 Å². The topological polar surface area (TPSA) is 41.6 Å². The summed E-state index contributed by atoms with van der Waals surface area (Å²) in [5, 5.41) is 2.93. The van der Waals surface area contributed by atoms with E-state index < -0.39 is 0 Å². The second-order valence-electron chi connectivity index (χ2n) is 5.59. The van der Waals surface area contributed by atoms with Gasteiger partial charge in [-0.15, -0.1) is 0 Å². The minimum Gasteiger partial charge on any atom is -0.372 e. The SMILES string of the molecule is O=C(Nc1ccc(N2CCCCC2)cc1)[C@@H]1CCCO1. The molecule has 4 nitrogen and oxygen atoms in total. The van der Waals surface area contributed by atoms with Crippen LogP contribution in [0.25, 0.3) is 0 Å². The molecule has 0 aliphatic carbocycles. The normalized spacial score (nSPS) is 22.8. The Morgan fingerprint density at radius 1 is 1.10 bits per heavy atom. The van der Waals surface area contributed by atoms with Gasteiger partial charge in [0.15, 0.2) is 0 Å². The van der Waals surface area contributed by atoms with Crippen LogP contribution in [-0.2, 0) is 9.53 Å². The average molecular weight is 274 g/mol. The smallest absolute Gasteiger partial charge is 0.253 e. The van der Waals surface area contributed by atoms with Crippen molar-refractivity contribution in [1.82, 2.24) is 0 Å². The molecule has 1 aromatic carbocycles. The maximum Gasteiger partial charge on any atom is 0.253 e. The Kier molecular flexibility index (Phi) is 4.21. The first kappa shape index (κ1) is 13.4. The summed E-state index contributed by atoms with van der Waals surface area (Å²) in [6.45, 7) is 2.98. The maximum atomic E-state index is 12.0. The molecule has 2 aliphatic rings. The zero-order chi connectivity index (χ0) is 13.8. The minimum atomic E-state index is -0.267. The number of amides is 1. The Hall–Kier alpha value is -1.55. The lowest BCUT2D eigenvalue weighted by atomic mass is 10.1. The Morgan fingerprint density at radius 3 is 2.50 bits per heavy atom. The summed E-state index contributed by atoms with van der Waals surface area (Å²) >= 11 is 0. The molecule has 0 bridgehead atoms. The van der Waals surface area contributed by atoms with E-state index in [-0.39, 0.29) is 12.0 Å². The van der Waals surface area contributed by atoms with Crippen molar-refractivity contribution >= 4 is 17.3 Å². The summed E-state index contributed by atoms with van der Waals surface area (Å²) < 4.78 is 5.39. The monoisotopic (exact) mass is 274 g/mol. The summed E-state index contributed by atoms with van der Waals surface area (Å²) in [5.41, 5.74) is 2.10. The van der Waals surface area contributed by atoms with Crippen molar-refractivity contribution in [1.29, 1.82) is 0 Å². The van der Waals surface area contributed by atoms with Gasteiger partial charge in [-0.3, -0.25) is 4.79 Å². The van der Waals surface area contributed by atoms with E-state index in [4.69, 9.17) is 4.74 Å². The molecule has 1 aromatic rings. The van der Waals surface area contributed by atoms with Crippen LogP contribution in [0.1, 0.15) is 32.1 Å². The van der Waals surface area contributed by atoms with Gasteiger partial charge in [0.1, 0.15) is 6.10 Å². The fourth-order valence-corrected chi connectivity index (χ4v) is 2.91. The molecule has 108 valence electrons. The molecule has 4 heteroatoms. The van der Waals surface area contributed by atoms with Crippen LogP contribution < -0.4 is 10.2 Å². The highest BCUT2D eigenvalue weighted by Crippen LogP contribution is 2.22. The summed E-state index contributed by atoms with van der Waals surface area (Å²) in [6.07, 6.45) is 5.43. The van der Waals surface area contributed by atoms with Gasteiger partial charge in [0.2, 0.25) is 0 Å². The number of rotatable bonds is 3. The first-order chi connectivity index (χ1) is 9.83. The van der Waals surface area contributed by atoms with E-state index in [1.165, 1.54) is 24.9 Å². The van der Waals surface area contributed by atoms with Crippen molar-refractivity contribution in [2.24, 2.45) is 0 Å². The van der Waals surface area contributed by atoms with Crippen molar-refractivity contribution in [2.45, 2.75) is 38.2 Å². The molecule has 0 spiro atoms. The molecule has 0 radical (unpaired) electrons. The van der Waals surface area contributed by atoms with Crippen molar-refractivity contribution in [3.05, 3.63) is 24.3 Å². The summed E-state index contributed by atoms with van der Waals surface area (Å²) in [7, 11) is 0. The van der Waals surface area contributed by atoms with Gasteiger partial charge < -0.3 is 15.0 Å². The number of carbonyl (C=O) groups is 1. The Morgan fingerprint density at radius 2 is 1.85 bits per heavy atom. The molecule has 2 aliphatic heterocycles. The highest BCUT2D eigenvalue weighted by Gasteiger charge is 2.23. The molecule has 1 amide bonds. The van der Waals surface area contributed by atoms with Crippen LogP contribution in [0.2, 0.25) is 0 Å². The molecule has 1 atom stereocenters. The second-order valence-corrected chi connectivity index (χ2v) is 5.59. The number of carbonyl (C=O) groups excluding carboxylic acids is 1. The third-order valence-corrected chi connectivity index (χ3v) is 4.08. The van der Waals surface area contributed by atoms with Crippen LogP contribution in [0.3, 0.4) is 0 Å². The van der Waals surface area contributed by atoms with E-state index in [9.17, 15) is 4.79 Å². The number of hydrogen-bond acceptors (Lipinski definition) is 3. The van der Waals surface area contributed by atoms with Crippen molar-refractivity contribution in [2.75, 3.05) is 29.9 Å². The number of piperidine rings is 1. The summed E-state index contributed by atoms with van der Waals surface area (Å²) in [4.78, 5) is 14.4. The predicted octanol–water partition coefficient (Wildman–Crippen LogP) is 2.79. The van der Waals surface area contributed by atoms with Crippen LogP contribution in [0.15, 0.2) is 24.3 Å². The van der Waals surface area contributed by atoms with Gasteiger partial charge in [0.05, 0.1) is 0 Å². The third-order valence-electron chi connectivity index (χ3n) is 4.08. The number of benzene rings is 1. The lowest BCUT2D eigenvalue weighted by Gasteiger charge is -2.28. The highest BCUT2D eigenvalue weighted by molar-refractivity contribution is 5.94. The maximum absolute atomic E-state index is 12.0. The lowest BCUT2D eigenvalue weighted by Crippen LogP contribution is -2.29. The van der Waals surface area contributed by atoms with Crippen molar-refractivity contribution in [3.8, 4) is 0 Å². The van der Waals surface area contributed by atoms with Gasteiger partial charge >= 0.3 is 0 Å². The number of ether oxygens (including phenoxy) is 1. The van der Waals surface area contributed by atoms with E-state index in [0.29, 0.717) is 6.61 Å². The van der Waals surface area contributed by atoms with Crippen LogP contribution in [0.5, 0.6) is 0 Å². The molecule has 0 unspecified atom stereocenters. The fourth-order valence-electron chi connectivity index (χ4n) is 2.91. The van der Waals surface area contributed by atoms with Gasteiger partial charge in [0.25, 0.3) is 5.91 Å². The average Bonchev–Trinajstić information content (AvgIpc) is 3.03. The van der Waals surface area contributed by atoms with E-state index in [0.717, 1.165) is 31.6 Å². The largest absolute Gasteiger partial charge is 0.372 e. The number of hydrogen-bond donors (Lipinski definition) is 1. The molecule has 20 heavy (non-hydrogen) atoms. The second kappa shape index (κ2) is 6.27. The molecular weight excluding hydrogens is 252 g/mol. The standard InChI is InChI=1S/C16H22N2O2/c19-16(15-5-4-12-20-15)17-13-6-8-14(9-7-13)18-10-2-1-3-11-18/h6-9,15H,1-5,10-12H2,(H,17,19)/t15-/m0/s1. The Balaban J connectivity index is 1.59. The number of anilines is 2. The lowest BCUT2D eigenvalue weighted by molar-refractivity contribution is -0.124. The Labute approximate surface area is 120 Å². The number of nitrogens with zero attached hydrogens (tertiary/aromatic N) is 1. The zero-order valence-electron chi connectivity index (χ0n) is 11.8. The molecule has 2 saturated heterocycles. The van der Waals surface area contributed by atoms with Gasteiger partial charge in [0, 0.05) is 31.1 Å². The van der Waals surface area contributed by atoms with Crippen LogP contribution in [-0.4, -0.2) is 31.7 Å². The summed E-state index contributed by atoms with van der Waals surface area (Å²) in [5.74, 6) is -0.0202. The van der Waals surface area contributed by atoms with Crippen LogP contribution in [0, 0.1) is 0 Å². The fraction of sp³-hybridized carbons (Fsp3) is 0.562. The van der Waals surface area contributed by atoms with Crippen LogP contribution >= 0.6 is 0 Å². The molecular formula is C16H22N2O2. The van der Waals surface area contributed by atoms with Crippen molar-refractivity contribution < 1.29 is 9.53 Å². The van der Waals surface area contributed by atoms with Gasteiger partial charge in [-0.2, -0.15) is 0 Å². The molecule has 0 aromatic heterocycles. The molecule has 2 fully saturated rings.